The zero-order valence-electron chi connectivity index (χ0n) is 17.4. The summed E-state index contributed by atoms with van der Waals surface area (Å²) >= 11 is 0. The molecule has 0 radical (unpaired) electrons. The van der Waals surface area contributed by atoms with Gasteiger partial charge in [-0.1, -0.05) is 18.2 Å². The Bertz CT molecular complexity index is 1200. The lowest BCUT2D eigenvalue weighted by Gasteiger charge is -2.05. The Morgan fingerprint density at radius 3 is 2.59 bits per heavy atom. The van der Waals surface area contributed by atoms with E-state index < -0.39 is 5.91 Å². The Hall–Kier alpha value is -4.40. The number of methoxy groups -OCH3 is 1. The minimum Gasteiger partial charge on any atom is -0.497 e. The number of para-hydroxylation sites is 1. The Morgan fingerprint density at radius 1 is 1.06 bits per heavy atom. The minimum absolute atomic E-state index is 0.209. The smallest absolute Gasteiger partial charge is 0.287 e. The SMILES string of the molecule is COc1ccc(-c2cc(C(=O)NNC(=O)CCc3cnn(-c4ccccc4)c3)[nH]n2)cc1. The van der Waals surface area contributed by atoms with Gasteiger partial charge in [0.1, 0.15) is 11.4 Å². The molecule has 2 heterocycles. The first-order chi connectivity index (χ1) is 15.6. The van der Waals surface area contributed by atoms with Gasteiger partial charge in [0.15, 0.2) is 0 Å². The second kappa shape index (κ2) is 9.61. The zero-order chi connectivity index (χ0) is 22.3. The summed E-state index contributed by atoms with van der Waals surface area (Å²) < 4.78 is 6.89. The van der Waals surface area contributed by atoms with Gasteiger partial charge in [0.05, 0.1) is 24.7 Å². The van der Waals surface area contributed by atoms with Crippen LogP contribution < -0.4 is 15.6 Å². The highest BCUT2D eigenvalue weighted by atomic mass is 16.5. The van der Waals surface area contributed by atoms with Gasteiger partial charge in [-0.25, -0.2) is 4.68 Å². The first-order valence-electron chi connectivity index (χ1n) is 10.0. The predicted octanol–water partition coefficient (Wildman–Crippen LogP) is 2.66. The number of benzene rings is 2. The minimum atomic E-state index is -0.484. The molecule has 0 bridgehead atoms. The summed E-state index contributed by atoms with van der Waals surface area (Å²) in [6, 6.07) is 18.6. The van der Waals surface area contributed by atoms with Crippen LogP contribution in [0.15, 0.2) is 73.1 Å². The molecule has 0 aliphatic carbocycles. The van der Waals surface area contributed by atoms with E-state index in [0.717, 1.165) is 22.6 Å². The fraction of sp³-hybridized carbons (Fsp3) is 0.130. The Kier molecular flexibility index (Phi) is 6.26. The molecule has 0 saturated heterocycles. The first kappa shape index (κ1) is 20.9. The van der Waals surface area contributed by atoms with Crippen molar-refractivity contribution in [2.45, 2.75) is 12.8 Å². The molecule has 9 heteroatoms. The molecule has 0 spiro atoms. The van der Waals surface area contributed by atoms with Gasteiger partial charge in [0.2, 0.25) is 5.91 Å². The van der Waals surface area contributed by atoms with Crippen LogP contribution in [0, 0.1) is 0 Å². The monoisotopic (exact) mass is 430 g/mol. The predicted molar refractivity (Wildman–Crippen MR) is 118 cm³/mol. The lowest BCUT2D eigenvalue weighted by Crippen LogP contribution is -2.41. The van der Waals surface area contributed by atoms with E-state index in [1.807, 2.05) is 60.8 Å². The van der Waals surface area contributed by atoms with E-state index in [2.05, 4.69) is 26.1 Å². The number of nitrogens with zero attached hydrogens (tertiary/aromatic N) is 3. The second-order valence-corrected chi connectivity index (χ2v) is 7.03. The molecule has 2 aromatic heterocycles. The van der Waals surface area contributed by atoms with Crippen LogP contribution in [0.5, 0.6) is 5.75 Å². The van der Waals surface area contributed by atoms with Crippen LogP contribution in [-0.4, -0.2) is 38.9 Å². The molecule has 9 nitrogen and oxygen atoms in total. The summed E-state index contributed by atoms with van der Waals surface area (Å²) in [5.41, 5.74) is 8.38. The zero-order valence-corrected chi connectivity index (χ0v) is 17.4. The summed E-state index contributed by atoms with van der Waals surface area (Å²) in [5.74, 6) is -0.0550. The molecule has 4 rings (SSSR count). The number of aryl methyl sites for hydroxylation is 1. The third-order valence-corrected chi connectivity index (χ3v) is 4.82. The number of aromatic nitrogens is 4. The summed E-state index contributed by atoms with van der Waals surface area (Å²) in [6.45, 7) is 0. The van der Waals surface area contributed by atoms with Crippen LogP contribution in [0.1, 0.15) is 22.5 Å². The van der Waals surface area contributed by atoms with Crippen molar-refractivity contribution in [3.63, 3.8) is 0 Å². The van der Waals surface area contributed by atoms with Crippen molar-refractivity contribution in [1.82, 2.24) is 30.8 Å². The van der Waals surface area contributed by atoms with Gasteiger partial charge in [-0.3, -0.25) is 25.5 Å². The first-order valence-corrected chi connectivity index (χ1v) is 10.0. The maximum atomic E-state index is 12.3. The maximum absolute atomic E-state index is 12.3. The van der Waals surface area contributed by atoms with Gasteiger partial charge in [-0.05, 0) is 54.4 Å². The van der Waals surface area contributed by atoms with Crippen molar-refractivity contribution >= 4 is 11.8 Å². The number of amides is 2. The topological polar surface area (TPSA) is 114 Å². The molecule has 0 saturated carbocycles. The normalized spacial score (nSPS) is 10.5. The van der Waals surface area contributed by atoms with Gasteiger partial charge in [0.25, 0.3) is 5.91 Å². The van der Waals surface area contributed by atoms with E-state index >= 15 is 0 Å². The molecule has 0 unspecified atom stereocenters. The van der Waals surface area contributed by atoms with Crippen LogP contribution in [0.3, 0.4) is 0 Å². The average Bonchev–Trinajstić information content (AvgIpc) is 3.52. The molecule has 32 heavy (non-hydrogen) atoms. The highest BCUT2D eigenvalue weighted by Gasteiger charge is 2.12. The lowest BCUT2D eigenvalue weighted by atomic mass is 10.1. The number of aromatic amines is 1. The van der Waals surface area contributed by atoms with E-state index in [1.165, 1.54) is 0 Å². The largest absolute Gasteiger partial charge is 0.497 e. The van der Waals surface area contributed by atoms with Gasteiger partial charge in [-0.15, -0.1) is 0 Å². The highest BCUT2D eigenvalue weighted by molar-refractivity contribution is 5.94. The lowest BCUT2D eigenvalue weighted by molar-refractivity contribution is -0.121. The van der Waals surface area contributed by atoms with Crippen LogP contribution in [-0.2, 0) is 11.2 Å². The molecule has 162 valence electrons. The standard InChI is InChI=1S/C23H22N6O3/c1-32-19-10-8-17(9-11-19)20-13-21(26-25-20)23(31)28-27-22(30)12-7-16-14-24-29(15-16)18-5-3-2-4-6-18/h2-6,8-11,13-15H,7,12H2,1H3,(H,25,26)(H,27,30)(H,28,31). The number of carbonyl (C=O) groups is 2. The Morgan fingerprint density at radius 2 is 1.84 bits per heavy atom. The Labute approximate surface area is 184 Å². The fourth-order valence-electron chi connectivity index (χ4n) is 3.07. The van der Waals surface area contributed by atoms with Gasteiger partial charge in [-0.2, -0.15) is 10.2 Å². The van der Waals surface area contributed by atoms with Crippen LogP contribution in [0.2, 0.25) is 0 Å². The van der Waals surface area contributed by atoms with E-state index in [1.54, 1.807) is 24.1 Å². The Balaban J connectivity index is 1.26. The fourth-order valence-corrected chi connectivity index (χ4v) is 3.07. The number of nitrogens with one attached hydrogen (secondary N) is 3. The van der Waals surface area contributed by atoms with Crippen molar-refractivity contribution in [2.75, 3.05) is 7.11 Å². The summed E-state index contributed by atoms with van der Waals surface area (Å²) in [7, 11) is 1.60. The van der Waals surface area contributed by atoms with E-state index in [-0.39, 0.29) is 18.0 Å². The molecule has 0 fully saturated rings. The molecule has 0 atom stereocenters. The second-order valence-electron chi connectivity index (χ2n) is 7.03. The quantitative estimate of drug-likeness (QED) is 0.390. The number of ether oxygens (including phenoxy) is 1. The summed E-state index contributed by atoms with van der Waals surface area (Å²) in [4.78, 5) is 24.4. The van der Waals surface area contributed by atoms with Crippen molar-refractivity contribution in [1.29, 1.82) is 0 Å². The average molecular weight is 430 g/mol. The van der Waals surface area contributed by atoms with Gasteiger partial charge >= 0.3 is 0 Å². The van der Waals surface area contributed by atoms with E-state index in [0.29, 0.717) is 12.1 Å². The van der Waals surface area contributed by atoms with Gasteiger partial charge < -0.3 is 4.74 Å². The molecule has 3 N–H and O–H groups in total. The summed E-state index contributed by atoms with van der Waals surface area (Å²) in [6.07, 6.45) is 4.32. The van der Waals surface area contributed by atoms with E-state index in [4.69, 9.17) is 4.74 Å². The van der Waals surface area contributed by atoms with E-state index in [9.17, 15) is 9.59 Å². The molecule has 0 aliphatic rings. The molecular formula is C23H22N6O3. The molecule has 2 amide bonds. The third-order valence-electron chi connectivity index (χ3n) is 4.82. The number of rotatable bonds is 7. The number of hydrogen-bond donors (Lipinski definition) is 3. The van der Waals surface area contributed by atoms with Crippen molar-refractivity contribution < 1.29 is 14.3 Å². The third kappa shape index (κ3) is 5.01. The number of H-pyrrole nitrogens is 1. The maximum Gasteiger partial charge on any atom is 0.287 e. The number of carbonyl (C=O) groups excluding carboxylic acids is 2. The van der Waals surface area contributed by atoms with Crippen molar-refractivity contribution in [3.05, 3.63) is 84.3 Å². The highest BCUT2D eigenvalue weighted by Crippen LogP contribution is 2.21. The number of hydrogen-bond acceptors (Lipinski definition) is 5. The van der Waals surface area contributed by atoms with Crippen LogP contribution in [0.4, 0.5) is 0 Å². The molecule has 0 aliphatic heterocycles. The van der Waals surface area contributed by atoms with Crippen LogP contribution in [0.25, 0.3) is 16.9 Å². The molecule has 4 aromatic rings. The number of hydrazine groups is 1. The summed E-state index contributed by atoms with van der Waals surface area (Å²) in [5, 5.41) is 11.1. The molecular weight excluding hydrogens is 408 g/mol. The molecule has 2 aromatic carbocycles. The van der Waals surface area contributed by atoms with Crippen molar-refractivity contribution in [2.24, 2.45) is 0 Å². The van der Waals surface area contributed by atoms with Gasteiger partial charge in [0, 0.05) is 18.2 Å². The van der Waals surface area contributed by atoms with Crippen molar-refractivity contribution in [3.8, 4) is 22.7 Å². The van der Waals surface area contributed by atoms with Crippen LogP contribution >= 0.6 is 0 Å².